The summed E-state index contributed by atoms with van der Waals surface area (Å²) in [5.74, 6) is 2.47. The van der Waals surface area contributed by atoms with Crippen LogP contribution in [0.2, 0.25) is 0 Å². The van der Waals surface area contributed by atoms with Crippen molar-refractivity contribution in [2.45, 2.75) is 112 Å². The molecule has 3 heterocycles. The quantitative estimate of drug-likeness (QED) is 0.172. The van der Waals surface area contributed by atoms with Crippen molar-refractivity contribution >= 4 is 32.8 Å². The zero-order chi connectivity index (χ0) is 42.9. The fourth-order valence-electron chi connectivity index (χ4n) is 9.53. The third kappa shape index (κ3) is 6.12. The van der Waals surface area contributed by atoms with Gasteiger partial charge in [0.05, 0.1) is 0 Å². The first kappa shape index (κ1) is 40.4. The van der Waals surface area contributed by atoms with Gasteiger partial charge in [-0.25, -0.2) is 0 Å². The van der Waals surface area contributed by atoms with Gasteiger partial charge in [-0.05, 0) is 45.9 Å². The first-order valence-electron chi connectivity index (χ1n) is 21.3. The van der Waals surface area contributed by atoms with Crippen molar-refractivity contribution in [1.29, 1.82) is 0 Å². The molecule has 0 atom stereocenters. The molecule has 9 rings (SSSR count). The van der Waals surface area contributed by atoms with E-state index in [1.54, 1.807) is 0 Å². The zero-order valence-corrected chi connectivity index (χ0v) is 39.8. The standard InChI is InChI=1S/C54H58N4O.Pt/c1-34-25-26-55-49(27-34)58-46-30-40(22-23-41(46)42-31-43-44(32-47(42)58)53(10,11)54(12,13)52(43,8)9)59-39-16-14-15-38(29-39)57-33-56(37-20-17-35(18-21-37)50(2,3)4)48-28-36(51(5,6)7)19-24-45(48)57;/h14-32H,1-13H3;. The summed E-state index contributed by atoms with van der Waals surface area (Å²) < 4.78 is 15.0. The number of aromatic nitrogens is 4. The van der Waals surface area contributed by atoms with E-state index in [2.05, 4.69) is 232 Å². The van der Waals surface area contributed by atoms with Gasteiger partial charge in [-0.3, -0.25) is 0 Å². The van der Waals surface area contributed by atoms with Crippen LogP contribution in [-0.4, -0.2) is 18.7 Å². The van der Waals surface area contributed by atoms with E-state index in [1.807, 2.05) is 6.20 Å². The monoisotopic (exact) mass is 973 g/mol. The summed E-state index contributed by atoms with van der Waals surface area (Å²) in [5, 5.41) is 2.44. The molecule has 3 aromatic heterocycles. The second-order valence-corrected chi connectivity index (χ2v) is 21.8. The fraction of sp³-hybridized carbons (Fsp3) is 0.333. The third-order valence-electron chi connectivity index (χ3n) is 14.4. The van der Waals surface area contributed by atoms with E-state index in [0.29, 0.717) is 0 Å². The minimum absolute atomic E-state index is 0.00195. The Morgan fingerprint density at radius 1 is 0.533 bits per heavy atom. The number of pyridine rings is 1. The number of ether oxygens (including phenoxy) is 1. The number of hydrogen-bond acceptors (Lipinski definition) is 2. The SMILES string of the molecule is Cc1ccnc(-n2c3cc(Oc4cccc(-n5[c](=[Pt])n(-c6ccc(C(C)(C)C)cc6)c6cc(C(C)(C)C)ccc65)c4)ccc3c3cc4c(cc32)C(C)(C)C(C)(C)C4(C)C)c1. The molecule has 0 aliphatic heterocycles. The molecule has 0 saturated heterocycles. The molecule has 5 nitrogen and oxygen atoms in total. The number of nitrogens with zero attached hydrogens (tertiary/aromatic N) is 4. The molecule has 60 heavy (non-hydrogen) atoms. The van der Waals surface area contributed by atoms with E-state index in [4.69, 9.17) is 9.72 Å². The Balaban J connectivity index is 1.18. The Labute approximate surface area is 366 Å². The Morgan fingerprint density at radius 3 is 1.82 bits per heavy atom. The van der Waals surface area contributed by atoms with E-state index >= 15 is 0 Å². The van der Waals surface area contributed by atoms with Crippen LogP contribution in [0.5, 0.6) is 11.5 Å². The van der Waals surface area contributed by atoms with Crippen LogP contribution in [0.4, 0.5) is 0 Å². The molecule has 1 aliphatic carbocycles. The minimum Gasteiger partial charge on any atom is -0.0582 e. The topological polar surface area (TPSA) is 36.9 Å². The van der Waals surface area contributed by atoms with Gasteiger partial charge < -0.3 is 0 Å². The molecule has 8 aromatic rings. The van der Waals surface area contributed by atoms with Crippen molar-refractivity contribution in [3.05, 3.63) is 147 Å². The zero-order valence-electron chi connectivity index (χ0n) is 37.5. The van der Waals surface area contributed by atoms with Crippen molar-refractivity contribution in [3.63, 3.8) is 0 Å². The average molecular weight is 974 g/mol. The first-order chi connectivity index (χ1) is 28.1. The van der Waals surface area contributed by atoms with Gasteiger partial charge in [-0.1, -0.05) is 41.5 Å². The van der Waals surface area contributed by atoms with Crippen LogP contribution in [0.25, 0.3) is 50.0 Å². The van der Waals surface area contributed by atoms with Crippen molar-refractivity contribution < 1.29 is 24.1 Å². The molecule has 0 unspecified atom stereocenters. The Kier molecular flexibility index (Phi) is 9.10. The molecule has 0 N–H and O–H groups in total. The molecule has 5 aromatic carbocycles. The Hall–Kier alpha value is -4.99. The normalized spacial score (nSPS) is 15.9. The molecule has 0 amide bonds. The predicted octanol–water partition coefficient (Wildman–Crippen LogP) is 14.3. The first-order valence-corrected chi connectivity index (χ1v) is 22.4. The van der Waals surface area contributed by atoms with Crippen LogP contribution in [0, 0.1) is 16.1 Å². The van der Waals surface area contributed by atoms with Crippen LogP contribution in [0.1, 0.15) is 111 Å². The molecule has 310 valence electrons. The second kappa shape index (κ2) is 13.5. The summed E-state index contributed by atoms with van der Waals surface area (Å²) in [6.45, 7) is 30.3. The molecule has 0 fully saturated rings. The molecule has 0 spiro atoms. The summed E-state index contributed by atoms with van der Waals surface area (Å²) in [6.07, 6.45) is 1.92. The summed E-state index contributed by atoms with van der Waals surface area (Å²) in [4.78, 5) is 4.94. The van der Waals surface area contributed by atoms with Crippen molar-refractivity contribution in [1.82, 2.24) is 18.7 Å². The van der Waals surface area contributed by atoms with E-state index < -0.39 is 0 Å². The summed E-state index contributed by atoms with van der Waals surface area (Å²) in [6, 6.07) is 40.2. The second-order valence-electron chi connectivity index (χ2n) is 20.8. The van der Waals surface area contributed by atoms with Gasteiger partial charge in [0.2, 0.25) is 0 Å². The van der Waals surface area contributed by atoms with Crippen LogP contribution >= 0.6 is 0 Å². The predicted molar refractivity (Wildman–Crippen MR) is 246 cm³/mol. The molecular weight excluding hydrogens is 916 g/mol. The van der Waals surface area contributed by atoms with Crippen LogP contribution in [0.15, 0.2) is 115 Å². The molecule has 0 bridgehead atoms. The van der Waals surface area contributed by atoms with Crippen LogP contribution in [0.3, 0.4) is 0 Å². The van der Waals surface area contributed by atoms with E-state index in [-0.39, 0.29) is 27.1 Å². The van der Waals surface area contributed by atoms with Gasteiger partial charge in [-0.15, -0.1) is 0 Å². The maximum absolute atomic E-state index is 6.83. The van der Waals surface area contributed by atoms with Gasteiger partial charge in [0.25, 0.3) is 0 Å². The average Bonchev–Trinajstić information content (AvgIpc) is 3.69. The van der Waals surface area contributed by atoms with Crippen LogP contribution < -0.4 is 4.74 Å². The smallest absolute Gasteiger partial charge is 0.0582 e. The van der Waals surface area contributed by atoms with Crippen molar-refractivity contribution in [3.8, 4) is 28.7 Å². The van der Waals surface area contributed by atoms with Gasteiger partial charge in [0.1, 0.15) is 0 Å². The van der Waals surface area contributed by atoms with Gasteiger partial charge >= 0.3 is 275 Å². The van der Waals surface area contributed by atoms with Crippen molar-refractivity contribution in [2.24, 2.45) is 5.41 Å². The third-order valence-corrected chi connectivity index (χ3v) is 15.5. The Morgan fingerprint density at radius 2 is 1.15 bits per heavy atom. The fourth-order valence-corrected chi connectivity index (χ4v) is 10.7. The van der Waals surface area contributed by atoms with Gasteiger partial charge in [0, 0.05) is 6.20 Å². The number of benzene rings is 5. The van der Waals surface area contributed by atoms with Crippen LogP contribution in [-0.2, 0) is 41.0 Å². The summed E-state index contributed by atoms with van der Waals surface area (Å²) in [7, 11) is 0. The molecular formula is C54H58N4OPt. The van der Waals surface area contributed by atoms with Crippen molar-refractivity contribution in [2.75, 3.05) is 0 Å². The number of fused-ring (bicyclic) bond motifs is 5. The minimum atomic E-state index is -0.0193. The molecule has 1 aliphatic rings. The molecule has 0 saturated carbocycles. The number of imidazole rings is 1. The molecule has 6 heteroatoms. The van der Waals surface area contributed by atoms with E-state index in [9.17, 15) is 0 Å². The summed E-state index contributed by atoms with van der Waals surface area (Å²) in [5.41, 5.74) is 13.5. The summed E-state index contributed by atoms with van der Waals surface area (Å²) >= 11 is 2.49. The number of aryl methyl sites for hydroxylation is 1. The van der Waals surface area contributed by atoms with Gasteiger partial charge in [0.15, 0.2) is 0 Å². The maximum atomic E-state index is 6.83. The molecule has 0 radical (unpaired) electrons. The van der Waals surface area contributed by atoms with Gasteiger partial charge in [-0.2, -0.15) is 0 Å². The Bertz CT molecular complexity index is 3080. The number of hydrogen-bond donors (Lipinski definition) is 0. The van der Waals surface area contributed by atoms with E-state index in [1.165, 1.54) is 49.6 Å². The number of rotatable bonds is 5. The van der Waals surface area contributed by atoms with E-state index in [0.717, 1.165) is 43.5 Å².